The van der Waals surface area contributed by atoms with E-state index in [4.69, 9.17) is 20.4 Å². The number of thiol groups is 1. The molecule has 2 aromatic rings. The summed E-state index contributed by atoms with van der Waals surface area (Å²) in [6.45, 7) is 14.4. The molecule has 0 fully saturated rings. The highest BCUT2D eigenvalue weighted by Crippen LogP contribution is 2.52. The maximum absolute atomic E-state index is 13.5. The molecule has 6 heteroatoms. The second-order valence-electron chi connectivity index (χ2n) is 9.82. The Bertz CT molecular complexity index is 1040. The number of rotatable bonds is 11. The van der Waals surface area contributed by atoms with Gasteiger partial charge in [0.05, 0.1) is 28.6 Å². The van der Waals surface area contributed by atoms with Gasteiger partial charge < -0.3 is 10.5 Å². The molecule has 0 saturated heterocycles. The van der Waals surface area contributed by atoms with Crippen molar-refractivity contribution in [2.45, 2.75) is 90.5 Å². The van der Waals surface area contributed by atoms with Gasteiger partial charge in [-0.25, -0.2) is 4.79 Å². The molecule has 5 nitrogen and oxygen atoms in total. The maximum Gasteiger partial charge on any atom is 0.340 e. The van der Waals surface area contributed by atoms with Crippen molar-refractivity contribution >= 4 is 21.9 Å². The number of nitrogens with two attached hydrogens (primary N) is 1. The fourth-order valence-electron chi connectivity index (χ4n) is 4.69. The Balaban J connectivity index is 2.35. The Hall–Kier alpha value is -2.18. The van der Waals surface area contributed by atoms with Gasteiger partial charge in [0.1, 0.15) is 0 Å². The first-order chi connectivity index (χ1) is 16.8. The van der Waals surface area contributed by atoms with Crippen molar-refractivity contribution in [2.75, 3.05) is 18.9 Å². The van der Waals surface area contributed by atoms with Crippen LogP contribution in [0.15, 0.2) is 34.2 Å². The molecule has 2 heterocycles. The summed E-state index contributed by atoms with van der Waals surface area (Å²) < 4.78 is 5.63. The Kier molecular flexibility index (Phi) is 9.93. The van der Waals surface area contributed by atoms with E-state index in [1.54, 1.807) is 0 Å². The number of carbonyl (C=O) groups excluding carboxylic acids is 1. The average molecular weight is 498 g/mol. The number of hydrogen-bond donors (Lipinski definition) is 2. The second kappa shape index (κ2) is 12.7. The number of esters is 1. The predicted octanol–water partition coefficient (Wildman–Crippen LogP) is 6.98. The lowest BCUT2D eigenvalue weighted by atomic mass is 9.91. The first-order valence-electron chi connectivity index (χ1n) is 13.2. The molecule has 0 saturated carbocycles. The van der Waals surface area contributed by atoms with Crippen molar-refractivity contribution in [2.24, 2.45) is 10.7 Å². The molecule has 1 aromatic carbocycles. The summed E-state index contributed by atoms with van der Waals surface area (Å²) in [7, 11) is -0.656. The summed E-state index contributed by atoms with van der Waals surface area (Å²) in [5.41, 5.74) is 11.6. The zero-order chi connectivity index (χ0) is 25.5. The van der Waals surface area contributed by atoms with E-state index in [9.17, 15) is 4.79 Å². The third-order valence-electron chi connectivity index (χ3n) is 6.48. The highest BCUT2D eigenvalue weighted by Gasteiger charge is 2.33. The Morgan fingerprint density at radius 3 is 2.31 bits per heavy atom. The number of ether oxygens (including phenoxy) is 1. The van der Waals surface area contributed by atoms with Gasteiger partial charge in [-0.15, -0.1) is 0 Å². The molecule has 35 heavy (non-hydrogen) atoms. The van der Waals surface area contributed by atoms with Crippen LogP contribution in [0.2, 0.25) is 0 Å². The molecular weight excluding hydrogens is 454 g/mol. The zero-order valence-electron chi connectivity index (χ0n) is 22.4. The largest absolute Gasteiger partial charge is 0.462 e. The van der Waals surface area contributed by atoms with Crippen molar-refractivity contribution in [1.29, 1.82) is 0 Å². The molecule has 1 atom stereocenters. The van der Waals surface area contributed by atoms with Crippen LogP contribution in [0.25, 0.3) is 11.1 Å². The van der Waals surface area contributed by atoms with Crippen LogP contribution in [-0.2, 0) is 11.3 Å². The number of pyridine rings is 1. The number of unbranched alkanes of at least 4 members (excludes halogenated alkanes) is 2. The minimum absolute atomic E-state index is 0.0945. The van der Waals surface area contributed by atoms with E-state index in [0.29, 0.717) is 18.7 Å². The summed E-state index contributed by atoms with van der Waals surface area (Å²) in [5, 5.41) is 1.32. The van der Waals surface area contributed by atoms with Crippen molar-refractivity contribution < 1.29 is 9.53 Å². The molecular formula is C29H43N3O2S. The highest BCUT2D eigenvalue weighted by atomic mass is 32.2. The number of benzene rings is 1. The lowest BCUT2D eigenvalue weighted by Gasteiger charge is -2.29. The maximum atomic E-state index is 13.5. The fraction of sp³-hybridized carbons (Fsp3) is 0.552. The van der Waals surface area contributed by atoms with E-state index in [2.05, 4.69) is 58.9 Å². The van der Waals surface area contributed by atoms with Gasteiger partial charge >= 0.3 is 5.97 Å². The third-order valence-corrected chi connectivity index (χ3v) is 9.11. The number of nitrogens with zero attached hydrogens (tertiary/aromatic N) is 2. The number of aliphatic imine (C=N–C) groups is 1. The Morgan fingerprint density at radius 2 is 1.74 bits per heavy atom. The molecule has 0 spiro atoms. The third kappa shape index (κ3) is 6.15. The van der Waals surface area contributed by atoms with Gasteiger partial charge in [-0.05, 0) is 42.7 Å². The van der Waals surface area contributed by atoms with E-state index in [0.717, 1.165) is 53.2 Å². The van der Waals surface area contributed by atoms with E-state index in [-0.39, 0.29) is 17.8 Å². The highest BCUT2D eigenvalue weighted by molar-refractivity contribution is 8.30. The van der Waals surface area contributed by atoms with Crippen LogP contribution in [0, 0.1) is 0 Å². The number of carbonyl (C=O) groups is 1. The van der Waals surface area contributed by atoms with Crippen LogP contribution in [0.5, 0.6) is 0 Å². The van der Waals surface area contributed by atoms with E-state index >= 15 is 0 Å². The smallest absolute Gasteiger partial charge is 0.340 e. The lowest BCUT2D eigenvalue weighted by molar-refractivity contribution is 0.0524. The van der Waals surface area contributed by atoms with E-state index < -0.39 is 10.9 Å². The van der Waals surface area contributed by atoms with Gasteiger partial charge in [-0.2, -0.15) is 10.9 Å². The van der Waals surface area contributed by atoms with Crippen molar-refractivity contribution in [3.8, 4) is 11.1 Å². The van der Waals surface area contributed by atoms with Crippen LogP contribution in [0.4, 0.5) is 0 Å². The van der Waals surface area contributed by atoms with Crippen LogP contribution in [0.1, 0.15) is 106 Å². The van der Waals surface area contributed by atoms with Gasteiger partial charge in [0.15, 0.2) is 0 Å². The van der Waals surface area contributed by atoms with Gasteiger partial charge in [0, 0.05) is 29.3 Å². The number of aromatic nitrogens is 1. The molecule has 1 aromatic heterocycles. The standard InChI is InChI=1S/C29H43N3O2S/c1-7-9-10-11-23-31-16-17-35(23)28-24(22-14-12-21(18-30)13-15-22)25(29(33)34-8-2)26(19(3)4)32-27(28)20(5)6/h12-15,19-20,35H,7-11,16-18,30H2,1-6H3. The zero-order valence-corrected chi connectivity index (χ0v) is 23.3. The molecule has 0 aliphatic carbocycles. The number of hydrogen-bond acceptors (Lipinski definition) is 5. The normalized spacial score (nSPS) is 16.7. The molecule has 0 radical (unpaired) electrons. The summed E-state index contributed by atoms with van der Waals surface area (Å²) in [5.74, 6) is 1.07. The summed E-state index contributed by atoms with van der Waals surface area (Å²) in [4.78, 5) is 24.9. The van der Waals surface area contributed by atoms with Crippen LogP contribution in [0.3, 0.4) is 0 Å². The minimum Gasteiger partial charge on any atom is -0.462 e. The minimum atomic E-state index is -0.656. The molecule has 1 aliphatic rings. The lowest BCUT2D eigenvalue weighted by Crippen LogP contribution is -2.18. The van der Waals surface area contributed by atoms with Crippen molar-refractivity contribution in [3.63, 3.8) is 0 Å². The summed E-state index contributed by atoms with van der Waals surface area (Å²) in [6.07, 6.45) is 4.60. The van der Waals surface area contributed by atoms with Crippen molar-refractivity contribution in [1.82, 2.24) is 4.98 Å². The molecule has 0 amide bonds. The molecule has 1 aliphatic heterocycles. The average Bonchev–Trinajstić information content (AvgIpc) is 3.31. The van der Waals surface area contributed by atoms with E-state index in [1.165, 1.54) is 22.8 Å². The molecule has 0 bridgehead atoms. The molecule has 2 N–H and O–H groups in total. The molecule has 3 rings (SSSR count). The fourth-order valence-corrected chi connectivity index (χ4v) is 7.52. The van der Waals surface area contributed by atoms with Gasteiger partial charge in [-0.1, -0.05) is 71.7 Å². The van der Waals surface area contributed by atoms with Gasteiger partial charge in [0.2, 0.25) is 0 Å². The predicted molar refractivity (Wildman–Crippen MR) is 150 cm³/mol. The molecule has 1 unspecified atom stereocenters. The first-order valence-corrected chi connectivity index (χ1v) is 14.7. The molecule has 192 valence electrons. The Morgan fingerprint density at radius 1 is 1.06 bits per heavy atom. The summed E-state index contributed by atoms with van der Waals surface area (Å²) in [6, 6.07) is 8.35. The quantitative estimate of drug-likeness (QED) is 0.199. The van der Waals surface area contributed by atoms with Crippen molar-refractivity contribution in [3.05, 3.63) is 46.8 Å². The van der Waals surface area contributed by atoms with Crippen LogP contribution in [-0.4, -0.2) is 34.9 Å². The SMILES string of the molecule is CCCCCC1=NCC[SH]1c1c(C(C)C)nc(C(C)C)c(C(=O)OCC)c1-c1ccc(CN)cc1. The van der Waals surface area contributed by atoms with Crippen LogP contribution >= 0.6 is 10.9 Å². The second-order valence-corrected chi connectivity index (χ2v) is 12.1. The van der Waals surface area contributed by atoms with Gasteiger partial charge in [-0.3, -0.25) is 9.98 Å². The first kappa shape index (κ1) is 27.4. The van der Waals surface area contributed by atoms with Gasteiger partial charge in [0.25, 0.3) is 0 Å². The summed E-state index contributed by atoms with van der Waals surface area (Å²) >= 11 is 0. The monoisotopic (exact) mass is 497 g/mol. The Labute approximate surface area is 214 Å². The van der Waals surface area contributed by atoms with E-state index in [1.807, 2.05) is 6.92 Å². The topological polar surface area (TPSA) is 77.6 Å². The van der Waals surface area contributed by atoms with Crippen LogP contribution < -0.4 is 5.73 Å².